The molecule has 0 spiro atoms. The zero-order valence-corrected chi connectivity index (χ0v) is 15.5. The molecule has 7 heteroatoms. The second-order valence-corrected chi connectivity index (χ2v) is 5.48. The summed E-state index contributed by atoms with van der Waals surface area (Å²) in [6, 6.07) is 3.72. The number of carbonyl (C=O) groups excluding carboxylic acids is 1. The molecule has 0 bridgehead atoms. The van der Waals surface area contributed by atoms with Gasteiger partial charge < -0.3 is 14.2 Å². The molecule has 0 radical (unpaired) electrons. The summed E-state index contributed by atoms with van der Waals surface area (Å²) in [5.41, 5.74) is 2.16. The molecule has 0 saturated heterocycles. The SMILES string of the molecule is C=CCc1cc(-c2n[nH]nc2C(=O)OCC)cc(OCC)c1OCCC. The topological polar surface area (TPSA) is 86.3 Å². The van der Waals surface area contributed by atoms with Gasteiger partial charge >= 0.3 is 5.97 Å². The Balaban J connectivity index is 2.54. The molecule has 0 aliphatic carbocycles. The average Bonchev–Trinajstić information content (AvgIpc) is 3.11. The molecule has 1 heterocycles. The average molecular weight is 359 g/mol. The first-order valence-corrected chi connectivity index (χ1v) is 8.77. The molecule has 0 fully saturated rings. The summed E-state index contributed by atoms with van der Waals surface area (Å²) in [5, 5.41) is 10.6. The van der Waals surface area contributed by atoms with Crippen LogP contribution < -0.4 is 9.47 Å². The third-order valence-electron chi connectivity index (χ3n) is 3.54. The van der Waals surface area contributed by atoms with E-state index in [4.69, 9.17) is 14.2 Å². The van der Waals surface area contributed by atoms with Crippen molar-refractivity contribution < 1.29 is 19.0 Å². The summed E-state index contributed by atoms with van der Waals surface area (Å²) in [4.78, 5) is 12.1. The highest BCUT2D eigenvalue weighted by Crippen LogP contribution is 2.37. The molecule has 0 aliphatic heterocycles. The van der Waals surface area contributed by atoms with E-state index in [1.54, 1.807) is 13.0 Å². The van der Waals surface area contributed by atoms with Gasteiger partial charge in [0.15, 0.2) is 17.2 Å². The zero-order valence-electron chi connectivity index (χ0n) is 15.5. The number of carbonyl (C=O) groups is 1. The second-order valence-electron chi connectivity index (χ2n) is 5.48. The zero-order chi connectivity index (χ0) is 18.9. The number of H-pyrrole nitrogens is 1. The summed E-state index contributed by atoms with van der Waals surface area (Å²) in [6.07, 6.45) is 3.28. The van der Waals surface area contributed by atoms with E-state index in [0.29, 0.717) is 42.4 Å². The van der Waals surface area contributed by atoms with E-state index in [-0.39, 0.29) is 12.3 Å². The minimum absolute atomic E-state index is 0.140. The monoisotopic (exact) mass is 359 g/mol. The number of esters is 1. The van der Waals surface area contributed by atoms with Gasteiger partial charge in [-0.25, -0.2) is 4.79 Å². The quantitative estimate of drug-likeness (QED) is 0.515. The lowest BCUT2D eigenvalue weighted by Gasteiger charge is -2.17. The van der Waals surface area contributed by atoms with Crippen LogP contribution in [0.2, 0.25) is 0 Å². The van der Waals surface area contributed by atoms with E-state index in [9.17, 15) is 4.79 Å². The minimum Gasteiger partial charge on any atom is -0.490 e. The molecule has 26 heavy (non-hydrogen) atoms. The van der Waals surface area contributed by atoms with E-state index >= 15 is 0 Å². The van der Waals surface area contributed by atoms with Crippen LogP contribution >= 0.6 is 0 Å². The summed E-state index contributed by atoms with van der Waals surface area (Å²) >= 11 is 0. The van der Waals surface area contributed by atoms with Gasteiger partial charge in [-0.2, -0.15) is 10.3 Å². The van der Waals surface area contributed by atoms with Gasteiger partial charge in [0.2, 0.25) is 0 Å². The highest BCUT2D eigenvalue weighted by molar-refractivity contribution is 5.94. The predicted octanol–water partition coefficient (Wildman–Crippen LogP) is 3.56. The van der Waals surface area contributed by atoms with Crippen LogP contribution in [0, 0.1) is 0 Å². The van der Waals surface area contributed by atoms with Crippen molar-refractivity contribution in [2.75, 3.05) is 19.8 Å². The number of rotatable bonds is 10. The van der Waals surface area contributed by atoms with Crippen LogP contribution in [0.15, 0.2) is 24.8 Å². The molecule has 1 aromatic carbocycles. The lowest BCUT2D eigenvalue weighted by Crippen LogP contribution is -2.07. The van der Waals surface area contributed by atoms with E-state index < -0.39 is 5.97 Å². The van der Waals surface area contributed by atoms with Crippen molar-refractivity contribution in [3.8, 4) is 22.8 Å². The molecule has 1 N–H and O–H groups in total. The summed E-state index contributed by atoms with van der Waals surface area (Å²) in [7, 11) is 0. The molecule has 0 aliphatic rings. The Hall–Kier alpha value is -2.83. The molecule has 0 amide bonds. The maximum Gasteiger partial charge on any atom is 0.361 e. The fourth-order valence-corrected chi connectivity index (χ4v) is 2.51. The smallest absolute Gasteiger partial charge is 0.361 e. The standard InChI is InChI=1S/C19H25N3O4/c1-5-9-13-11-14(12-15(24-7-3)18(13)26-10-6-2)16-17(21-22-20-16)19(23)25-8-4/h5,11-12H,1,6-10H2,2-4H3,(H,20,21,22). The van der Waals surface area contributed by atoms with Crippen LogP contribution in [0.4, 0.5) is 0 Å². The molecular weight excluding hydrogens is 334 g/mol. The molecule has 2 rings (SSSR count). The van der Waals surface area contributed by atoms with Crippen LogP contribution in [-0.4, -0.2) is 41.2 Å². The first-order chi connectivity index (χ1) is 12.7. The van der Waals surface area contributed by atoms with Crippen molar-refractivity contribution in [3.63, 3.8) is 0 Å². The van der Waals surface area contributed by atoms with Crippen LogP contribution in [0.1, 0.15) is 43.2 Å². The normalized spacial score (nSPS) is 10.4. The summed E-state index contributed by atoms with van der Waals surface area (Å²) in [6.45, 7) is 10.8. The Morgan fingerprint density at radius 2 is 2.00 bits per heavy atom. The summed E-state index contributed by atoms with van der Waals surface area (Å²) < 4.78 is 16.7. The number of allylic oxidation sites excluding steroid dienone is 1. The van der Waals surface area contributed by atoms with Crippen molar-refractivity contribution in [2.45, 2.75) is 33.6 Å². The Morgan fingerprint density at radius 3 is 2.65 bits per heavy atom. The highest BCUT2D eigenvalue weighted by Gasteiger charge is 2.22. The lowest BCUT2D eigenvalue weighted by molar-refractivity contribution is 0.0520. The van der Waals surface area contributed by atoms with Gasteiger partial charge in [0.05, 0.1) is 19.8 Å². The Labute approximate surface area is 153 Å². The second kappa shape index (κ2) is 9.60. The third kappa shape index (κ3) is 4.41. The molecule has 140 valence electrons. The number of nitrogens with zero attached hydrogens (tertiary/aromatic N) is 2. The fraction of sp³-hybridized carbons (Fsp3) is 0.421. The molecule has 0 unspecified atom stereocenters. The van der Waals surface area contributed by atoms with Crippen molar-refractivity contribution in [1.82, 2.24) is 15.4 Å². The maximum atomic E-state index is 12.1. The van der Waals surface area contributed by atoms with Gasteiger partial charge in [0, 0.05) is 11.1 Å². The molecule has 0 saturated carbocycles. The van der Waals surface area contributed by atoms with Crippen molar-refractivity contribution in [1.29, 1.82) is 0 Å². The van der Waals surface area contributed by atoms with Crippen LogP contribution in [0.25, 0.3) is 11.3 Å². The number of aromatic nitrogens is 3. The van der Waals surface area contributed by atoms with Gasteiger partial charge in [0.1, 0.15) is 5.69 Å². The highest BCUT2D eigenvalue weighted by atomic mass is 16.5. The van der Waals surface area contributed by atoms with E-state index in [1.807, 2.05) is 26.0 Å². The van der Waals surface area contributed by atoms with Crippen molar-refractivity contribution >= 4 is 5.97 Å². The number of hydrogen-bond donors (Lipinski definition) is 1. The van der Waals surface area contributed by atoms with Gasteiger partial charge in [0.25, 0.3) is 0 Å². The van der Waals surface area contributed by atoms with Crippen LogP contribution in [-0.2, 0) is 11.2 Å². The number of nitrogens with one attached hydrogen (secondary N) is 1. The Kier molecular flexibility index (Phi) is 7.20. The third-order valence-corrected chi connectivity index (χ3v) is 3.54. The van der Waals surface area contributed by atoms with Gasteiger partial charge in [-0.1, -0.05) is 13.0 Å². The molecular formula is C19H25N3O4. The largest absolute Gasteiger partial charge is 0.490 e. The number of hydrogen-bond acceptors (Lipinski definition) is 6. The molecule has 2 aromatic rings. The number of aromatic amines is 1. The molecule has 7 nitrogen and oxygen atoms in total. The number of benzene rings is 1. The number of ether oxygens (including phenoxy) is 3. The lowest BCUT2D eigenvalue weighted by atomic mass is 10.0. The first kappa shape index (κ1) is 19.5. The Morgan fingerprint density at radius 1 is 1.19 bits per heavy atom. The van der Waals surface area contributed by atoms with Crippen LogP contribution in [0.5, 0.6) is 11.5 Å². The molecule has 1 aromatic heterocycles. The van der Waals surface area contributed by atoms with Gasteiger partial charge in [-0.15, -0.1) is 11.7 Å². The maximum absolute atomic E-state index is 12.1. The van der Waals surface area contributed by atoms with E-state index in [2.05, 4.69) is 22.0 Å². The summed E-state index contributed by atoms with van der Waals surface area (Å²) in [5.74, 6) is 0.775. The van der Waals surface area contributed by atoms with Crippen molar-refractivity contribution in [3.05, 3.63) is 36.0 Å². The predicted molar refractivity (Wildman–Crippen MR) is 98.6 cm³/mol. The van der Waals surface area contributed by atoms with Crippen LogP contribution in [0.3, 0.4) is 0 Å². The van der Waals surface area contributed by atoms with Gasteiger partial charge in [-0.3, -0.25) is 0 Å². The fourth-order valence-electron chi connectivity index (χ4n) is 2.51. The van der Waals surface area contributed by atoms with E-state index in [0.717, 1.165) is 12.0 Å². The Bertz CT molecular complexity index is 755. The van der Waals surface area contributed by atoms with E-state index in [1.165, 1.54) is 0 Å². The van der Waals surface area contributed by atoms with Gasteiger partial charge in [-0.05, 0) is 38.8 Å². The van der Waals surface area contributed by atoms with Crippen molar-refractivity contribution in [2.24, 2.45) is 0 Å². The molecule has 0 atom stereocenters. The first-order valence-electron chi connectivity index (χ1n) is 8.77. The minimum atomic E-state index is -0.522.